The predicted molar refractivity (Wildman–Crippen MR) is 155 cm³/mol. The van der Waals surface area contributed by atoms with Gasteiger partial charge in [0.25, 0.3) is 5.91 Å². The van der Waals surface area contributed by atoms with Crippen molar-refractivity contribution in [1.29, 1.82) is 0 Å². The average Bonchev–Trinajstić information content (AvgIpc) is 3.47. The quantitative estimate of drug-likeness (QED) is 0.242. The second kappa shape index (κ2) is 12.8. The van der Waals surface area contributed by atoms with Gasteiger partial charge in [-0.15, -0.1) is 0 Å². The fraction of sp³-hybridized carbons (Fsp3) is 0.273. The number of pyridine rings is 1. The van der Waals surface area contributed by atoms with Crippen LogP contribution in [0.15, 0.2) is 73.1 Å². The highest BCUT2D eigenvalue weighted by Gasteiger charge is 2.25. The van der Waals surface area contributed by atoms with Crippen molar-refractivity contribution in [3.05, 3.63) is 101 Å². The smallest absolute Gasteiger partial charge is 0.303 e. The molecule has 216 valence electrons. The first-order chi connectivity index (χ1) is 20.2. The molecule has 42 heavy (non-hydrogen) atoms. The molecule has 0 saturated carbocycles. The predicted octanol–water partition coefficient (Wildman–Crippen LogP) is 6.00. The Morgan fingerprint density at radius 1 is 1.00 bits per heavy atom. The van der Waals surface area contributed by atoms with Crippen molar-refractivity contribution in [1.82, 2.24) is 14.9 Å². The van der Waals surface area contributed by atoms with E-state index in [2.05, 4.69) is 9.97 Å². The maximum Gasteiger partial charge on any atom is 0.303 e. The van der Waals surface area contributed by atoms with Crippen LogP contribution in [0.2, 0.25) is 0 Å². The van der Waals surface area contributed by atoms with Gasteiger partial charge >= 0.3 is 5.97 Å². The monoisotopic (exact) mass is 569 g/mol. The molecule has 0 spiro atoms. The van der Waals surface area contributed by atoms with Crippen LogP contribution >= 0.6 is 0 Å². The van der Waals surface area contributed by atoms with Gasteiger partial charge in [-0.1, -0.05) is 29.8 Å². The Morgan fingerprint density at radius 2 is 1.76 bits per heavy atom. The molecule has 1 aliphatic rings. The minimum Gasteiger partial charge on any atom is -0.481 e. The first-order valence-corrected chi connectivity index (χ1v) is 13.9. The molecule has 4 aromatic rings. The summed E-state index contributed by atoms with van der Waals surface area (Å²) in [6, 6.07) is 17.2. The molecular weight excluding hydrogens is 537 g/mol. The zero-order chi connectivity index (χ0) is 29.6. The van der Waals surface area contributed by atoms with Crippen LogP contribution in [0.4, 0.5) is 4.39 Å². The fourth-order valence-corrected chi connectivity index (χ4v) is 5.21. The number of H-pyrrole nitrogens is 1. The number of halogens is 1. The Kier molecular flexibility index (Phi) is 8.76. The number of aromatic amines is 1. The highest BCUT2D eigenvalue weighted by atomic mass is 19.1. The highest BCUT2D eigenvalue weighted by Crippen LogP contribution is 2.27. The number of aliphatic carboxylic acids is 1. The maximum absolute atomic E-state index is 14.0. The number of hydrogen-bond donors (Lipinski definition) is 2. The summed E-state index contributed by atoms with van der Waals surface area (Å²) in [5.74, 6) is -0.0889. The molecular formula is C33H32FN3O5. The minimum atomic E-state index is -0.800. The van der Waals surface area contributed by atoms with E-state index in [4.69, 9.17) is 9.84 Å². The molecule has 2 aromatic heterocycles. The van der Waals surface area contributed by atoms with Crippen LogP contribution in [-0.4, -0.2) is 50.7 Å². The molecule has 0 radical (unpaired) electrons. The number of ketones is 1. The lowest BCUT2D eigenvalue weighted by molar-refractivity contribution is -0.138. The lowest BCUT2D eigenvalue weighted by atomic mass is 9.93. The molecule has 5 rings (SSSR count). The summed E-state index contributed by atoms with van der Waals surface area (Å²) in [6.45, 7) is 2.95. The van der Waals surface area contributed by atoms with Crippen molar-refractivity contribution >= 4 is 17.7 Å². The Balaban J connectivity index is 1.17. The van der Waals surface area contributed by atoms with Crippen LogP contribution in [-0.2, 0) is 22.4 Å². The molecule has 2 N–H and O–H groups in total. The summed E-state index contributed by atoms with van der Waals surface area (Å²) in [4.78, 5) is 45.8. The molecule has 3 heterocycles. The molecule has 1 aliphatic heterocycles. The van der Waals surface area contributed by atoms with Crippen molar-refractivity contribution in [2.24, 2.45) is 5.92 Å². The third-order valence-corrected chi connectivity index (χ3v) is 7.45. The number of Topliss-reactive ketones (excluding diaryl/α,β-unsaturated/α-hetero) is 1. The van der Waals surface area contributed by atoms with E-state index in [-0.39, 0.29) is 42.7 Å². The molecule has 2 aromatic carbocycles. The number of benzene rings is 2. The molecule has 0 unspecified atom stereocenters. The second-order valence-corrected chi connectivity index (χ2v) is 10.7. The van der Waals surface area contributed by atoms with E-state index in [1.807, 2.05) is 19.1 Å². The third kappa shape index (κ3) is 7.28. The van der Waals surface area contributed by atoms with Crippen molar-refractivity contribution in [3.8, 4) is 22.9 Å². The average molecular weight is 570 g/mol. The number of likely N-dealkylation sites (tertiary alicyclic amines) is 1. The summed E-state index contributed by atoms with van der Waals surface area (Å²) >= 11 is 0. The fourth-order valence-electron chi connectivity index (χ4n) is 5.21. The summed E-state index contributed by atoms with van der Waals surface area (Å²) < 4.78 is 20.0. The Labute approximate surface area is 243 Å². The molecule has 9 heteroatoms. The summed E-state index contributed by atoms with van der Waals surface area (Å²) in [5.41, 5.74) is 3.93. The molecule has 8 nitrogen and oxygen atoms in total. The third-order valence-electron chi connectivity index (χ3n) is 7.45. The van der Waals surface area contributed by atoms with Gasteiger partial charge in [-0.05, 0) is 67.1 Å². The van der Waals surface area contributed by atoms with Gasteiger partial charge in [0.05, 0.1) is 17.0 Å². The maximum atomic E-state index is 14.0. The summed E-state index contributed by atoms with van der Waals surface area (Å²) in [5, 5.41) is 9.01. The van der Waals surface area contributed by atoms with E-state index in [1.165, 1.54) is 6.07 Å². The van der Waals surface area contributed by atoms with Crippen molar-refractivity contribution in [2.45, 2.75) is 39.0 Å². The number of carbonyl (C=O) groups excluding carboxylic acids is 2. The van der Waals surface area contributed by atoms with Gasteiger partial charge in [0.1, 0.15) is 23.1 Å². The molecule has 0 atom stereocenters. The van der Waals surface area contributed by atoms with E-state index < -0.39 is 5.97 Å². The molecule has 1 fully saturated rings. The number of nitrogens with one attached hydrogen (secondary N) is 1. The number of carbonyl (C=O) groups is 3. The van der Waals surface area contributed by atoms with Crippen molar-refractivity contribution in [3.63, 3.8) is 0 Å². The van der Waals surface area contributed by atoms with Gasteiger partial charge in [0, 0.05) is 50.8 Å². The zero-order valence-electron chi connectivity index (χ0n) is 23.3. The molecule has 1 saturated heterocycles. The van der Waals surface area contributed by atoms with E-state index in [9.17, 15) is 18.8 Å². The summed E-state index contributed by atoms with van der Waals surface area (Å²) in [7, 11) is 0. The number of amides is 1. The number of nitrogens with zero attached hydrogens (tertiary/aromatic N) is 2. The van der Waals surface area contributed by atoms with Gasteiger partial charge < -0.3 is 19.7 Å². The van der Waals surface area contributed by atoms with Crippen LogP contribution < -0.4 is 4.74 Å². The number of carboxylic acids is 1. The Bertz CT molecular complexity index is 1590. The number of carboxylic acid groups (broad SMARTS) is 1. The topological polar surface area (TPSA) is 113 Å². The lowest BCUT2D eigenvalue weighted by Crippen LogP contribution is -2.38. The number of hydrogen-bond acceptors (Lipinski definition) is 5. The van der Waals surface area contributed by atoms with Gasteiger partial charge in [-0.2, -0.15) is 0 Å². The number of rotatable bonds is 10. The minimum absolute atomic E-state index is 0.0445. The van der Waals surface area contributed by atoms with Crippen LogP contribution in [0.5, 0.6) is 11.5 Å². The van der Waals surface area contributed by atoms with E-state index in [0.717, 1.165) is 11.1 Å². The van der Waals surface area contributed by atoms with E-state index in [1.54, 1.807) is 59.8 Å². The number of aryl methyl sites for hydroxylation is 1. The van der Waals surface area contributed by atoms with Crippen molar-refractivity contribution in [2.75, 3.05) is 13.1 Å². The number of aromatic nitrogens is 2. The van der Waals surface area contributed by atoms with Gasteiger partial charge in [0.15, 0.2) is 0 Å². The standard InChI is InChI=1S/C33H32FN3O5/c1-21-2-7-29(34)24(14-21)17-26(38)15-22-3-5-27(6-4-22)42-28-8-11-35-31(19-28)30-18-25(20-36-30)33(41)37-12-9-23(10-13-37)16-32(39)40/h2-8,11,14,18-20,23,36H,9-10,12-13,15-17H2,1H3,(H,39,40). The normalized spacial score (nSPS) is 13.6. The van der Waals surface area contributed by atoms with E-state index in [0.29, 0.717) is 59.9 Å². The lowest BCUT2D eigenvalue weighted by Gasteiger charge is -2.31. The van der Waals surface area contributed by atoms with Crippen LogP contribution in [0.3, 0.4) is 0 Å². The number of ether oxygens (including phenoxy) is 1. The first kappa shape index (κ1) is 28.7. The van der Waals surface area contributed by atoms with Crippen LogP contribution in [0.1, 0.15) is 46.3 Å². The van der Waals surface area contributed by atoms with Gasteiger partial charge in [0.2, 0.25) is 0 Å². The largest absolute Gasteiger partial charge is 0.481 e. The second-order valence-electron chi connectivity index (χ2n) is 10.7. The van der Waals surface area contributed by atoms with Crippen LogP contribution in [0, 0.1) is 18.7 Å². The first-order valence-electron chi connectivity index (χ1n) is 13.9. The van der Waals surface area contributed by atoms with Crippen molar-refractivity contribution < 1.29 is 28.6 Å². The molecule has 1 amide bonds. The van der Waals surface area contributed by atoms with Crippen LogP contribution in [0.25, 0.3) is 11.4 Å². The number of piperidine rings is 1. The Morgan fingerprint density at radius 3 is 2.50 bits per heavy atom. The van der Waals surface area contributed by atoms with E-state index >= 15 is 0 Å². The van der Waals surface area contributed by atoms with Gasteiger partial charge in [-0.3, -0.25) is 19.4 Å². The summed E-state index contributed by atoms with van der Waals surface area (Å²) in [6.07, 6.45) is 5.02. The molecule has 0 aliphatic carbocycles. The zero-order valence-corrected chi connectivity index (χ0v) is 23.3. The SMILES string of the molecule is Cc1ccc(F)c(CC(=O)Cc2ccc(Oc3ccnc(-c4cc(C(=O)N5CCC(CC(=O)O)CC5)c[nH]4)c3)cc2)c1. The highest BCUT2D eigenvalue weighted by molar-refractivity contribution is 5.95. The Hall–Kier alpha value is -4.79. The van der Waals surface area contributed by atoms with Gasteiger partial charge in [-0.25, -0.2) is 4.39 Å². The molecule has 0 bridgehead atoms.